The van der Waals surface area contributed by atoms with Gasteiger partial charge in [-0.15, -0.1) is 0 Å². The van der Waals surface area contributed by atoms with Crippen molar-refractivity contribution in [1.29, 1.82) is 0 Å². The lowest BCUT2D eigenvalue weighted by atomic mass is 10.0. The Morgan fingerprint density at radius 3 is 2.56 bits per heavy atom. The lowest BCUT2D eigenvalue weighted by Crippen LogP contribution is -2.07. The first-order chi connectivity index (χ1) is 8.75. The molecule has 0 N–H and O–H groups in total. The number of hydrogen-bond donors (Lipinski definition) is 0. The van der Waals surface area contributed by atoms with Gasteiger partial charge in [0.25, 0.3) is 0 Å². The number of epoxide rings is 1. The third-order valence-corrected chi connectivity index (χ3v) is 3.18. The second-order valence-corrected chi connectivity index (χ2v) is 4.62. The van der Waals surface area contributed by atoms with Gasteiger partial charge in [-0.05, 0) is 12.5 Å². The molecule has 0 aliphatic carbocycles. The molecule has 3 rings (SSSR count). The molecule has 0 spiro atoms. The first-order valence-corrected chi connectivity index (χ1v) is 6.07. The number of hydrogen-bond acceptors (Lipinski definition) is 2. The molecule has 90 valence electrons. The van der Waals surface area contributed by atoms with E-state index in [9.17, 15) is 4.79 Å². The van der Waals surface area contributed by atoms with Crippen molar-refractivity contribution in [3.05, 3.63) is 71.3 Å². The summed E-state index contributed by atoms with van der Waals surface area (Å²) in [5, 5.41) is 0. The number of carbonyl (C=O) groups is 1. The van der Waals surface area contributed by atoms with Crippen LogP contribution in [0.15, 0.2) is 54.6 Å². The molecule has 2 aromatic carbocycles. The molecule has 0 aromatic heterocycles. The molecule has 0 bridgehead atoms. The van der Waals surface area contributed by atoms with Crippen LogP contribution in [0.2, 0.25) is 0 Å². The molecule has 2 heteroatoms. The lowest BCUT2D eigenvalue weighted by Gasteiger charge is -1.98. The van der Waals surface area contributed by atoms with Crippen LogP contribution in [-0.4, -0.2) is 11.9 Å². The van der Waals surface area contributed by atoms with Crippen LogP contribution in [-0.2, 0) is 4.74 Å². The minimum atomic E-state index is -0.311. The number of benzene rings is 2. The van der Waals surface area contributed by atoms with Crippen LogP contribution in [0.4, 0.5) is 0 Å². The molecule has 2 nitrogen and oxygen atoms in total. The summed E-state index contributed by atoms with van der Waals surface area (Å²) >= 11 is 0. The molecule has 18 heavy (non-hydrogen) atoms. The maximum atomic E-state index is 12.2. The highest BCUT2D eigenvalue weighted by molar-refractivity contribution is 6.01. The second-order valence-electron chi connectivity index (χ2n) is 4.62. The molecule has 1 aliphatic heterocycles. The van der Waals surface area contributed by atoms with E-state index >= 15 is 0 Å². The SMILES string of the molecule is Cc1cccc([C@@H]2O[C@@H]2C(=O)c2ccccc2)c1. The van der Waals surface area contributed by atoms with E-state index in [1.54, 1.807) is 0 Å². The molecule has 0 amide bonds. The van der Waals surface area contributed by atoms with E-state index in [1.165, 1.54) is 5.56 Å². The van der Waals surface area contributed by atoms with Crippen molar-refractivity contribution in [1.82, 2.24) is 0 Å². The number of ketones is 1. The van der Waals surface area contributed by atoms with Gasteiger partial charge in [-0.1, -0.05) is 60.2 Å². The molecular formula is C16H14O2. The summed E-state index contributed by atoms with van der Waals surface area (Å²) in [6, 6.07) is 17.4. The smallest absolute Gasteiger partial charge is 0.194 e. The van der Waals surface area contributed by atoms with Gasteiger partial charge in [0.05, 0.1) is 0 Å². The van der Waals surface area contributed by atoms with Gasteiger partial charge in [-0.2, -0.15) is 0 Å². The summed E-state index contributed by atoms with van der Waals surface area (Å²) in [7, 11) is 0. The molecule has 0 saturated carbocycles. The molecule has 2 aromatic rings. The highest BCUT2D eigenvalue weighted by Gasteiger charge is 2.46. The van der Waals surface area contributed by atoms with Gasteiger partial charge in [-0.3, -0.25) is 4.79 Å². The number of rotatable bonds is 3. The predicted octanol–water partition coefficient (Wildman–Crippen LogP) is 3.32. The maximum absolute atomic E-state index is 12.2. The van der Waals surface area contributed by atoms with E-state index < -0.39 is 0 Å². The third kappa shape index (κ3) is 2.07. The number of aryl methyl sites for hydroxylation is 1. The third-order valence-electron chi connectivity index (χ3n) is 3.18. The van der Waals surface area contributed by atoms with E-state index in [0.29, 0.717) is 0 Å². The van der Waals surface area contributed by atoms with Crippen molar-refractivity contribution < 1.29 is 9.53 Å². The van der Waals surface area contributed by atoms with E-state index in [4.69, 9.17) is 4.74 Å². The average molecular weight is 238 g/mol. The molecule has 1 saturated heterocycles. The molecule has 1 fully saturated rings. The van der Waals surface area contributed by atoms with Gasteiger partial charge in [0.15, 0.2) is 11.9 Å². The fourth-order valence-electron chi connectivity index (χ4n) is 2.18. The molecule has 2 atom stereocenters. The fraction of sp³-hybridized carbons (Fsp3) is 0.188. The van der Waals surface area contributed by atoms with Gasteiger partial charge in [0.2, 0.25) is 0 Å². The van der Waals surface area contributed by atoms with Crippen molar-refractivity contribution in [3.8, 4) is 0 Å². The Hall–Kier alpha value is -1.93. The van der Waals surface area contributed by atoms with Crippen LogP contribution in [0.1, 0.15) is 27.6 Å². The van der Waals surface area contributed by atoms with Gasteiger partial charge in [0.1, 0.15) is 6.10 Å². The van der Waals surface area contributed by atoms with Crippen molar-refractivity contribution in [2.24, 2.45) is 0 Å². The van der Waals surface area contributed by atoms with Crippen molar-refractivity contribution in [3.63, 3.8) is 0 Å². The van der Waals surface area contributed by atoms with Crippen molar-refractivity contribution in [2.45, 2.75) is 19.1 Å². The van der Waals surface area contributed by atoms with Gasteiger partial charge in [0, 0.05) is 5.56 Å². The Balaban J connectivity index is 1.77. The van der Waals surface area contributed by atoms with E-state index in [1.807, 2.05) is 55.5 Å². The van der Waals surface area contributed by atoms with Gasteiger partial charge >= 0.3 is 0 Å². The van der Waals surface area contributed by atoms with Gasteiger partial charge in [-0.25, -0.2) is 0 Å². The van der Waals surface area contributed by atoms with Crippen LogP contribution < -0.4 is 0 Å². The molecule has 1 aliphatic rings. The van der Waals surface area contributed by atoms with Crippen LogP contribution in [0.3, 0.4) is 0 Å². The first kappa shape index (κ1) is 11.2. The Morgan fingerprint density at radius 2 is 1.83 bits per heavy atom. The largest absolute Gasteiger partial charge is 0.356 e. The number of ether oxygens (including phenoxy) is 1. The Kier molecular flexibility index (Phi) is 2.73. The minimum absolute atomic E-state index is 0.0714. The zero-order valence-electron chi connectivity index (χ0n) is 10.2. The monoisotopic (exact) mass is 238 g/mol. The summed E-state index contributed by atoms with van der Waals surface area (Å²) < 4.78 is 5.52. The quantitative estimate of drug-likeness (QED) is 0.606. The Morgan fingerprint density at radius 1 is 1.06 bits per heavy atom. The van der Waals surface area contributed by atoms with Crippen molar-refractivity contribution in [2.75, 3.05) is 0 Å². The van der Waals surface area contributed by atoms with E-state index in [2.05, 4.69) is 6.07 Å². The van der Waals surface area contributed by atoms with Crippen molar-refractivity contribution >= 4 is 5.78 Å². The fourth-order valence-corrected chi connectivity index (χ4v) is 2.18. The summed E-state index contributed by atoms with van der Waals surface area (Å²) in [6.07, 6.45) is -0.383. The predicted molar refractivity (Wildman–Crippen MR) is 69.6 cm³/mol. The maximum Gasteiger partial charge on any atom is 0.194 e. The Bertz CT molecular complexity index is 575. The average Bonchev–Trinajstić information content (AvgIpc) is 3.19. The van der Waals surface area contributed by atoms with Crippen LogP contribution in [0.25, 0.3) is 0 Å². The summed E-state index contributed by atoms with van der Waals surface area (Å²) in [4.78, 5) is 12.2. The van der Waals surface area contributed by atoms with Crippen LogP contribution >= 0.6 is 0 Å². The topological polar surface area (TPSA) is 29.6 Å². The lowest BCUT2D eigenvalue weighted by molar-refractivity contribution is 0.0953. The number of carbonyl (C=O) groups excluding carboxylic acids is 1. The normalized spacial score (nSPS) is 21.6. The molecular weight excluding hydrogens is 224 g/mol. The standard InChI is InChI=1S/C16H14O2/c1-11-6-5-9-13(10-11)15-16(18-15)14(17)12-7-3-2-4-8-12/h2-10,15-16H,1H3/t15-,16+/m0/s1. The summed E-state index contributed by atoms with van der Waals surface area (Å²) in [5.41, 5.74) is 3.00. The zero-order valence-corrected chi connectivity index (χ0v) is 10.2. The minimum Gasteiger partial charge on any atom is -0.356 e. The van der Waals surface area contributed by atoms with E-state index in [-0.39, 0.29) is 18.0 Å². The zero-order chi connectivity index (χ0) is 12.5. The first-order valence-electron chi connectivity index (χ1n) is 6.07. The summed E-state index contributed by atoms with van der Waals surface area (Å²) in [5.74, 6) is 0.0714. The number of Topliss-reactive ketones (excluding diaryl/α,β-unsaturated/α-hetero) is 1. The molecule has 0 unspecified atom stereocenters. The molecule has 0 radical (unpaired) electrons. The highest BCUT2D eigenvalue weighted by atomic mass is 16.6. The van der Waals surface area contributed by atoms with Crippen LogP contribution in [0, 0.1) is 6.92 Å². The summed E-state index contributed by atoms with van der Waals surface area (Å²) in [6.45, 7) is 2.04. The second kappa shape index (κ2) is 4.39. The van der Waals surface area contributed by atoms with Crippen LogP contribution in [0.5, 0.6) is 0 Å². The molecule has 1 heterocycles. The van der Waals surface area contributed by atoms with Gasteiger partial charge < -0.3 is 4.74 Å². The highest BCUT2D eigenvalue weighted by Crippen LogP contribution is 2.40. The Labute approximate surface area is 106 Å². The van der Waals surface area contributed by atoms with E-state index in [0.717, 1.165) is 11.1 Å².